The highest BCUT2D eigenvalue weighted by atomic mass is 16.5. The molecule has 2 aromatic rings. The molecule has 1 aliphatic carbocycles. The highest BCUT2D eigenvalue weighted by Crippen LogP contribution is 2.51. The molecule has 2 N–H and O–H groups in total. The molecule has 0 aliphatic heterocycles. The second-order valence-corrected chi connectivity index (χ2v) is 5.27. The van der Waals surface area contributed by atoms with Crippen molar-refractivity contribution < 1.29 is 4.74 Å². The van der Waals surface area contributed by atoms with Gasteiger partial charge < -0.3 is 10.5 Å². The lowest BCUT2D eigenvalue weighted by Gasteiger charge is -2.11. The van der Waals surface area contributed by atoms with Gasteiger partial charge in [0.25, 0.3) is 0 Å². The molecule has 0 aromatic heterocycles. The first-order chi connectivity index (χ1) is 8.72. The smallest absolute Gasteiger partial charge is 0.126 e. The Morgan fingerprint density at radius 2 is 1.89 bits per heavy atom. The van der Waals surface area contributed by atoms with Crippen molar-refractivity contribution in [3.05, 3.63) is 42.0 Å². The van der Waals surface area contributed by atoms with Crippen LogP contribution in [0, 0.1) is 5.92 Å². The van der Waals surface area contributed by atoms with Crippen LogP contribution in [-0.4, -0.2) is 13.2 Å². The maximum atomic E-state index is 6.00. The number of benzene rings is 2. The Morgan fingerprint density at radius 3 is 2.50 bits per heavy atom. The predicted octanol–water partition coefficient (Wildman–Crippen LogP) is 3.30. The van der Waals surface area contributed by atoms with Crippen LogP contribution in [0.2, 0.25) is 0 Å². The molecule has 0 heterocycles. The Morgan fingerprint density at radius 1 is 1.17 bits per heavy atom. The van der Waals surface area contributed by atoms with E-state index in [1.807, 2.05) is 0 Å². The van der Waals surface area contributed by atoms with Gasteiger partial charge in [0.2, 0.25) is 0 Å². The maximum absolute atomic E-state index is 6.00. The van der Waals surface area contributed by atoms with Crippen molar-refractivity contribution in [1.82, 2.24) is 0 Å². The molecule has 1 fully saturated rings. The van der Waals surface area contributed by atoms with E-state index < -0.39 is 0 Å². The van der Waals surface area contributed by atoms with E-state index in [9.17, 15) is 0 Å². The first-order valence-electron chi connectivity index (χ1n) is 6.53. The molecule has 0 bridgehead atoms. The number of hydrogen-bond acceptors (Lipinski definition) is 2. The fraction of sp³-hybridized carbons (Fsp3) is 0.375. The summed E-state index contributed by atoms with van der Waals surface area (Å²) in [6, 6.07) is 13.0. The van der Waals surface area contributed by atoms with E-state index in [1.165, 1.54) is 22.8 Å². The molecule has 0 saturated heterocycles. The van der Waals surface area contributed by atoms with Crippen LogP contribution < -0.4 is 10.5 Å². The van der Waals surface area contributed by atoms with Crippen LogP contribution in [0.5, 0.6) is 5.75 Å². The van der Waals surface area contributed by atoms with Gasteiger partial charge in [-0.2, -0.15) is 0 Å². The summed E-state index contributed by atoms with van der Waals surface area (Å²) >= 11 is 0. The molecule has 0 spiro atoms. The summed E-state index contributed by atoms with van der Waals surface area (Å²) in [7, 11) is 1.73. The number of ether oxygens (including phenoxy) is 1. The summed E-state index contributed by atoms with van der Waals surface area (Å²) in [6.07, 6.45) is 1.22. The van der Waals surface area contributed by atoms with E-state index in [4.69, 9.17) is 10.5 Å². The highest BCUT2D eigenvalue weighted by Gasteiger charge is 2.41. The van der Waals surface area contributed by atoms with Crippen LogP contribution in [-0.2, 0) is 0 Å². The van der Waals surface area contributed by atoms with Crippen molar-refractivity contribution in [3.8, 4) is 5.75 Å². The largest absolute Gasteiger partial charge is 0.496 e. The Balaban J connectivity index is 2.09. The van der Waals surface area contributed by atoms with E-state index in [2.05, 4.69) is 43.3 Å². The second kappa shape index (κ2) is 4.29. The molecule has 3 unspecified atom stereocenters. The van der Waals surface area contributed by atoms with Crippen LogP contribution in [0.25, 0.3) is 10.8 Å². The SMILES string of the molecule is COc1ccc(C2CC2C(C)N)c2ccccc12. The Hall–Kier alpha value is -1.54. The minimum atomic E-state index is 0.288. The van der Waals surface area contributed by atoms with Gasteiger partial charge in [-0.05, 0) is 42.2 Å². The molecule has 3 atom stereocenters. The topological polar surface area (TPSA) is 35.2 Å². The molecule has 3 rings (SSSR count). The van der Waals surface area contributed by atoms with Gasteiger partial charge >= 0.3 is 0 Å². The summed E-state index contributed by atoms with van der Waals surface area (Å²) in [5, 5.41) is 2.51. The average Bonchev–Trinajstić information content (AvgIpc) is 3.17. The number of rotatable bonds is 3. The van der Waals surface area contributed by atoms with Crippen molar-refractivity contribution >= 4 is 10.8 Å². The zero-order valence-electron chi connectivity index (χ0n) is 10.9. The molecule has 2 nitrogen and oxygen atoms in total. The van der Waals surface area contributed by atoms with Crippen LogP contribution in [0.4, 0.5) is 0 Å². The van der Waals surface area contributed by atoms with Crippen LogP contribution >= 0.6 is 0 Å². The van der Waals surface area contributed by atoms with Crippen LogP contribution in [0.15, 0.2) is 36.4 Å². The van der Waals surface area contributed by atoms with Gasteiger partial charge in [0, 0.05) is 11.4 Å². The van der Waals surface area contributed by atoms with Gasteiger partial charge in [-0.25, -0.2) is 0 Å². The summed E-state index contributed by atoms with van der Waals surface area (Å²) in [5.41, 5.74) is 7.43. The average molecular weight is 241 g/mol. The van der Waals surface area contributed by atoms with E-state index in [-0.39, 0.29) is 6.04 Å². The standard InChI is InChI=1S/C16H19NO/c1-10(17)14-9-15(14)12-7-8-16(18-2)13-6-4-3-5-11(12)13/h3-8,10,14-15H,9,17H2,1-2H3. The third-order valence-corrected chi connectivity index (χ3v) is 4.05. The van der Waals surface area contributed by atoms with Crippen molar-refractivity contribution in [3.63, 3.8) is 0 Å². The predicted molar refractivity (Wildman–Crippen MR) is 75.0 cm³/mol. The van der Waals surface area contributed by atoms with E-state index in [0.717, 1.165) is 5.75 Å². The fourth-order valence-corrected chi connectivity index (χ4v) is 2.95. The quantitative estimate of drug-likeness (QED) is 0.894. The minimum absolute atomic E-state index is 0.288. The van der Waals surface area contributed by atoms with Gasteiger partial charge in [-0.3, -0.25) is 0 Å². The molecule has 1 aliphatic rings. The summed E-state index contributed by atoms with van der Waals surface area (Å²) in [5.74, 6) is 2.22. The Bertz CT molecular complexity index is 576. The van der Waals surface area contributed by atoms with Crippen molar-refractivity contribution in [2.45, 2.75) is 25.3 Å². The van der Waals surface area contributed by atoms with Crippen LogP contribution in [0.3, 0.4) is 0 Å². The molecule has 18 heavy (non-hydrogen) atoms. The van der Waals surface area contributed by atoms with E-state index in [0.29, 0.717) is 11.8 Å². The monoisotopic (exact) mass is 241 g/mol. The Kier molecular flexibility index (Phi) is 2.75. The first-order valence-corrected chi connectivity index (χ1v) is 6.53. The minimum Gasteiger partial charge on any atom is -0.496 e. The molecular formula is C16H19NO. The van der Waals surface area contributed by atoms with Gasteiger partial charge in [0.1, 0.15) is 5.75 Å². The fourth-order valence-electron chi connectivity index (χ4n) is 2.95. The molecule has 1 saturated carbocycles. The summed E-state index contributed by atoms with van der Waals surface area (Å²) < 4.78 is 5.43. The number of methoxy groups -OCH3 is 1. The molecule has 0 radical (unpaired) electrons. The zero-order valence-corrected chi connectivity index (χ0v) is 10.9. The lowest BCUT2D eigenvalue weighted by Crippen LogP contribution is -2.17. The van der Waals surface area contributed by atoms with Crippen molar-refractivity contribution in [2.75, 3.05) is 7.11 Å². The lowest BCUT2D eigenvalue weighted by atomic mass is 9.98. The van der Waals surface area contributed by atoms with Gasteiger partial charge in [0.15, 0.2) is 0 Å². The second-order valence-electron chi connectivity index (χ2n) is 5.27. The van der Waals surface area contributed by atoms with Gasteiger partial charge in [0.05, 0.1) is 7.11 Å². The number of hydrogen-bond donors (Lipinski definition) is 1. The highest BCUT2D eigenvalue weighted by molar-refractivity contribution is 5.91. The Labute approximate surface area is 108 Å². The molecule has 94 valence electrons. The van der Waals surface area contributed by atoms with Gasteiger partial charge in [-0.15, -0.1) is 0 Å². The third-order valence-electron chi connectivity index (χ3n) is 4.05. The molecule has 2 heteroatoms. The van der Waals surface area contributed by atoms with Crippen LogP contribution in [0.1, 0.15) is 24.8 Å². The zero-order chi connectivity index (χ0) is 12.7. The van der Waals surface area contributed by atoms with E-state index in [1.54, 1.807) is 7.11 Å². The molecule has 0 amide bonds. The lowest BCUT2D eigenvalue weighted by molar-refractivity contribution is 0.419. The normalized spacial score (nSPS) is 23.9. The molecular weight excluding hydrogens is 222 g/mol. The van der Waals surface area contributed by atoms with E-state index >= 15 is 0 Å². The summed E-state index contributed by atoms with van der Waals surface area (Å²) in [4.78, 5) is 0. The molecule has 2 aromatic carbocycles. The van der Waals surface area contributed by atoms with Crippen molar-refractivity contribution in [2.24, 2.45) is 11.7 Å². The summed E-state index contributed by atoms with van der Waals surface area (Å²) in [6.45, 7) is 2.11. The first kappa shape index (κ1) is 11.5. The van der Waals surface area contributed by atoms with Gasteiger partial charge in [-0.1, -0.05) is 30.3 Å². The maximum Gasteiger partial charge on any atom is 0.126 e. The third kappa shape index (κ3) is 1.77. The van der Waals surface area contributed by atoms with Crippen molar-refractivity contribution in [1.29, 1.82) is 0 Å². The number of fused-ring (bicyclic) bond motifs is 1. The number of nitrogens with two attached hydrogens (primary N) is 1.